The highest BCUT2D eigenvalue weighted by molar-refractivity contribution is 5.48. The number of unbranched alkanes of at least 4 members (excludes halogenated alkanes) is 1. The zero-order chi connectivity index (χ0) is 12.5. The van der Waals surface area contributed by atoms with Gasteiger partial charge in [-0.25, -0.2) is 0 Å². The van der Waals surface area contributed by atoms with E-state index in [1.165, 1.54) is 0 Å². The van der Waals surface area contributed by atoms with Gasteiger partial charge in [-0.2, -0.15) is 0 Å². The molecule has 0 N–H and O–H groups in total. The van der Waals surface area contributed by atoms with Gasteiger partial charge in [0, 0.05) is 7.11 Å². The van der Waals surface area contributed by atoms with Gasteiger partial charge < -0.3 is 9.47 Å². The van der Waals surface area contributed by atoms with Crippen LogP contribution in [0.15, 0.2) is 30.8 Å². The van der Waals surface area contributed by atoms with Crippen molar-refractivity contribution in [3.63, 3.8) is 0 Å². The van der Waals surface area contributed by atoms with E-state index in [2.05, 4.69) is 13.5 Å². The van der Waals surface area contributed by atoms with Crippen molar-refractivity contribution in [2.24, 2.45) is 0 Å². The highest BCUT2D eigenvalue weighted by atomic mass is 16.5. The van der Waals surface area contributed by atoms with Gasteiger partial charge in [-0.05, 0) is 43.9 Å². The number of ether oxygens (including phenoxy) is 2. The first-order valence-electron chi connectivity index (χ1n) is 6.14. The molecule has 0 bridgehead atoms. The second kappa shape index (κ2) is 7.91. The lowest BCUT2D eigenvalue weighted by atomic mass is 10.2. The molecule has 1 rings (SSSR count). The van der Waals surface area contributed by atoms with Crippen molar-refractivity contribution in [1.29, 1.82) is 0 Å². The zero-order valence-corrected chi connectivity index (χ0v) is 10.8. The van der Waals surface area contributed by atoms with Crippen molar-refractivity contribution in [2.75, 3.05) is 13.7 Å². The summed E-state index contributed by atoms with van der Waals surface area (Å²) in [5.41, 5.74) is 1.12. The SMILES string of the molecule is C=Cc1ccc(OCCCCC(C)OC)cc1. The normalized spacial score (nSPS) is 12.1. The Morgan fingerprint density at radius 2 is 1.94 bits per heavy atom. The zero-order valence-electron chi connectivity index (χ0n) is 10.8. The molecule has 17 heavy (non-hydrogen) atoms. The van der Waals surface area contributed by atoms with Gasteiger partial charge in [-0.3, -0.25) is 0 Å². The summed E-state index contributed by atoms with van der Waals surface area (Å²) in [7, 11) is 1.75. The Kier molecular flexibility index (Phi) is 6.41. The van der Waals surface area contributed by atoms with Gasteiger partial charge in [-0.15, -0.1) is 0 Å². The van der Waals surface area contributed by atoms with Crippen LogP contribution in [-0.4, -0.2) is 19.8 Å². The van der Waals surface area contributed by atoms with Crippen molar-refractivity contribution in [3.05, 3.63) is 36.4 Å². The molecule has 0 aliphatic rings. The first-order valence-corrected chi connectivity index (χ1v) is 6.14. The van der Waals surface area contributed by atoms with Gasteiger partial charge in [0.25, 0.3) is 0 Å². The molecule has 1 aromatic rings. The van der Waals surface area contributed by atoms with E-state index < -0.39 is 0 Å². The van der Waals surface area contributed by atoms with E-state index >= 15 is 0 Å². The number of benzene rings is 1. The van der Waals surface area contributed by atoms with Crippen molar-refractivity contribution in [3.8, 4) is 5.75 Å². The van der Waals surface area contributed by atoms with Crippen molar-refractivity contribution in [2.45, 2.75) is 32.3 Å². The summed E-state index contributed by atoms with van der Waals surface area (Å²) in [4.78, 5) is 0. The Labute approximate surface area is 104 Å². The molecule has 94 valence electrons. The van der Waals surface area contributed by atoms with Crippen LogP contribution in [0.5, 0.6) is 5.75 Å². The monoisotopic (exact) mass is 234 g/mol. The predicted octanol–water partition coefficient (Wildman–Crippen LogP) is 3.91. The molecule has 0 radical (unpaired) electrons. The Hall–Kier alpha value is -1.28. The van der Waals surface area contributed by atoms with E-state index in [0.29, 0.717) is 6.10 Å². The molecule has 0 fully saturated rings. The standard InChI is InChI=1S/C15H22O2/c1-4-14-8-10-15(11-9-14)17-12-6-5-7-13(2)16-3/h4,8-11,13H,1,5-7,12H2,2-3H3. The van der Waals surface area contributed by atoms with Crippen LogP contribution in [0.4, 0.5) is 0 Å². The van der Waals surface area contributed by atoms with Crippen LogP contribution in [0.2, 0.25) is 0 Å². The van der Waals surface area contributed by atoms with E-state index in [1.807, 2.05) is 30.3 Å². The van der Waals surface area contributed by atoms with Gasteiger partial charge in [-0.1, -0.05) is 24.8 Å². The van der Waals surface area contributed by atoms with E-state index in [4.69, 9.17) is 9.47 Å². The Morgan fingerprint density at radius 3 is 2.53 bits per heavy atom. The predicted molar refractivity (Wildman–Crippen MR) is 72.4 cm³/mol. The highest BCUT2D eigenvalue weighted by Gasteiger charge is 1.99. The number of rotatable bonds is 8. The molecule has 0 saturated carbocycles. The first kappa shape index (κ1) is 13.8. The fourth-order valence-corrected chi connectivity index (χ4v) is 1.54. The smallest absolute Gasteiger partial charge is 0.119 e. The Bertz CT molecular complexity index is 316. The summed E-state index contributed by atoms with van der Waals surface area (Å²) in [6, 6.07) is 7.98. The lowest BCUT2D eigenvalue weighted by molar-refractivity contribution is 0.107. The molecule has 2 nitrogen and oxygen atoms in total. The molecule has 0 aliphatic carbocycles. The Balaban J connectivity index is 2.15. The molecule has 1 atom stereocenters. The average Bonchev–Trinajstić information content (AvgIpc) is 2.38. The van der Waals surface area contributed by atoms with Gasteiger partial charge in [0.05, 0.1) is 12.7 Å². The molecular weight excluding hydrogens is 212 g/mol. The molecule has 0 aliphatic heterocycles. The van der Waals surface area contributed by atoms with Gasteiger partial charge in [0.15, 0.2) is 0 Å². The third kappa shape index (κ3) is 5.55. The average molecular weight is 234 g/mol. The summed E-state index contributed by atoms with van der Waals surface area (Å²) in [5.74, 6) is 0.926. The van der Waals surface area contributed by atoms with Crippen LogP contribution in [0.25, 0.3) is 6.08 Å². The van der Waals surface area contributed by atoms with E-state index in [-0.39, 0.29) is 0 Å². The summed E-state index contributed by atoms with van der Waals surface area (Å²) in [6.07, 6.45) is 5.48. The summed E-state index contributed by atoms with van der Waals surface area (Å²) >= 11 is 0. The maximum atomic E-state index is 5.65. The minimum atomic E-state index is 0.349. The quantitative estimate of drug-likeness (QED) is 0.635. The van der Waals surface area contributed by atoms with Crippen LogP contribution in [0.3, 0.4) is 0 Å². The summed E-state index contributed by atoms with van der Waals surface area (Å²) in [6.45, 7) is 6.58. The number of hydrogen-bond acceptors (Lipinski definition) is 2. The van der Waals surface area contributed by atoms with Gasteiger partial charge in [0.1, 0.15) is 5.75 Å². The number of hydrogen-bond donors (Lipinski definition) is 0. The molecule has 0 aromatic heterocycles. The lowest BCUT2D eigenvalue weighted by Crippen LogP contribution is -2.05. The van der Waals surface area contributed by atoms with Crippen molar-refractivity contribution >= 4 is 6.08 Å². The van der Waals surface area contributed by atoms with E-state index in [0.717, 1.165) is 37.2 Å². The van der Waals surface area contributed by atoms with Crippen LogP contribution in [-0.2, 0) is 4.74 Å². The Morgan fingerprint density at radius 1 is 1.24 bits per heavy atom. The van der Waals surface area contributed by atoms with Crippen LogP contribution >= 0.6 is 0 Å². The molecule has 0 spiro atoms. The molecule has 1 unspecified atom stereocenters. The number of methoxy groups -OCH3 is 1. The lowest BCUT2D eigenvalue weighted by Gasteiger charge is -2.09. The van der Waals surface area contributed by atoms with Crippen LogP contribution in [0.1, 0.15) is 31.7 Å². The van der Waals surface area contributed by atoms with E-state index in [9.17, 15) is 0 Å². The summed E-state index contributed by atoms with van der Waals surface area (Å²) < 4.78 is 10.8. The molecule has 0 heterocycles. The van der Waals surface area contributed by atoms with Crippen LogP contribution in [0, 0.1) is 0 Å². The summed E-state index contributed by atoms with van der Waals surface area (Å²) in [5, 5.41) is 0. The minimum Gasteiger partial charge on any atom is -0.494 e. The third-order valence-corrected chi connectivity index (χ3v) is 2.79. The van der Waals surface area contributed by atoms with Gasteiger partial charge >= 0.3 is 0 Å². The molecule has 0 saturated heterocycles. The third-order valence-electron chi connectivity index (χ3n) is 2.79. The topological polar surface area (TPSA) is 18.5 Å². The maximum Gasteiger partial charge on any atom is 0.119 e. The van der Waals surface area contributed by atoms with Crippen molar-refractivity contribution in [1.82, 2.24) is 0 Å². The second-order valence-corrected chi connectivity index (χ2v) is 4.16. The van der Waals surface area contributed by atoms with Gasteiger partial charge in [0.2, 0.25) is 0 Å². The fraction of sp³-hybridized carbons (Fsp3) is 0.467. The molecule has 0 amide bonds. The molecular formula is C15H22O2. The van der Waals surface area contributed by atoms with E-state index in [1.54, 1.807) is 7.11 Å². The minimum absolute atomic E-state index is 0.349. The largest absolute Gasteiger partial charge is 0.494 e. The molecule has 2 heteroatoms. The second-order valence-electron chi connectivity index (χ2n) is 4.16. The molecule has 1 aromatic carbocycles. The highest BCUT2D eigenvalue weighted by Crippen LogP contribution is 2.13. The maximum absolute atomic E-state index is 5.65. The first-order chi connectivity index (χ1) is 8.26. The fourth-order valence-electron chi connectivity index (χ4n) is 1.54. The van der Waals surface area contributed by atoms with Crippen LogP contribution < -0.4 is 4.74 Å². The van der Waals surface area contributed by atoms with Crippen molar-refractivity contribution < 1.29 is 9.47 Å².